The van der Waals surface area contributed by atoms with E-state index in [1.807, 2.05) is 0 Å². The van der Waals surface area contributed by atoms with Crippen molar-refractivity contribution in [2.45, 2.75) is 19.9 Å². The summed E-state index contributed by atoms with van der Waals surface area (Å²) >= 11 is 0. The molecule has 1 rings (SSSR count). The van der Waals surface area contributed by atoms with Crippen molar-refractivity contribution in [1.29, 1.82) is 0 Å². The zero-order valence-corrected chi connectivity index (χ0v) is 12.5. The first kappa shape index (κ1) is 19.3. The molecule has 2 amide bonds. The van der Waals surface area contributed by atoms with Gasteiger partial charge in [0, 0.05) is 6.54 Å². The lowest BCUT2D eigenvalue weighted by molar-refractivity contribution is -0.135. The number of likely N-dealkylation sites (N-methyl/N-ethyl adjacent to an activating group) is 1. The molecule has 0 fully saturated rings. The molecule has 3 N–H and O–H groups in total. The zero-order valence-electron chi connectivity index (χ0n) is 11.7. The van der Waals surface area contributed by atoms with Gasteiger partial charge in [-0.3, -0.25) is 9.59 Å². The van der Waals surface area contributed by atoms with Crippen LogP contribution in [0, 0.1) is 11.6 Å². The van der Waals surface area contributed by atoms with Crippen molar-refractivity contribution in [3.8, 4) is 0 Å². The smallest absolute Gasteiger partial charge is 0.244 e. The average molecular weight is 322 g/mol. The second-order valence-electron chi connectivity index (χ2n) is 4.29. The topological polar surface area (TPSA) is 75.4 Å². The lowest BCUT2D eigenvalue weighted by Gasteiger charge is -2.22. The Morgan fingerprint density at radius 3 is 2.29 bits per heavy atom. The number of hydrogen-bond donors (Lipinski definition) is 2. The highest BCUT2D eigenvalue weighted by Crippen LogP contribution is 2.17. The summed E-state index contributed by atoms with van der Waals surface area (Å²) in [5, 5.41) is 2.11. The molecule has 5 nitrogen and oxygen atoms in total. The number of nitrogens with one attached hydrogen (secondary N) is 1. The van der Waals surface area contributed by atoms with Gasteiger partial charge in [-0.25, -0.2) is 8.78 Å². The Balaban J connectivity index is 0.00000400. The van der Waals surface area contributed by atoms with Crippen molar-refractivity contribution in [2.75, 3.05) is 18.4 Å². The molecule has 0 spiro atoms. The molecule has 1 unspecified atom stereocenters. The third-order valence-corrected chi connectivity index (χ3v) is 2.64. The van der Waals surface area contributed by atoms with E-state index in [2.05, 4.69) is 5.32 Å². The quantitative estimate of drug-likeness (QED) is 0.863. The minimum Gasteiger partial charge on any atom is -0.332 e. The van der Waals surface area contributed by atoms with Crippen molar-refractivity contribution in [3.63, 3.8) is 0 Å². The van der Waals surface area contributed by atoms with Gasteiger partial charge < -0.3 is 16.0 Å². The van der Waals surface area contributed by atoms with Gasteiger partial charge in [-0.15, -0.1) is 12.4 Å². The molecule has 0 aliphatic heterocycles. The van der Waals surface area contributed by atoms with Gasteiger partial charge in [0.25, 0.3) is 0 Å². The van der Waals surface area contributed by atoms with Crippen LogP contribution in [0.1, 0.15) is 13.8 Å². The first-order valence-corrected chi connectivity index (χ1v) is 6.15. The maximum Gasteiger partial charge on any atom is 0.244 e. The van der Waals surface area contributed by atoms with Crippen LogP contribution in [-0.2, 0) is 9.59 Å². The van der Waals surface area contributed by atoms with Crippen molar-refractivity contribution in [1.82, 2.24) is 4.90 Å². The van der Waals surface area contributed by atoms with Gasteiger partial charge in [0.15, 0.2) is 0 Å². The standard InChI is InChI=1S/C13H17F2N3O2.ClH/c1-3-18(13(20)8(2)16)7-11(19)17-12-9(14)5-4-6-10(12)15;/h4-6,8H,3,7,16H2,1-2H3,(H,17,19);1H. The first-order chi connectivity index (χ1) is 9.36. The summed E-state index contributed by atoms with van der Waals surface area (Å²) in [5.74, 6) is -2.85. The minimum atomic E-state index is -0.875. The van der Waals surface area contributed by atoms with E-state index in [-0.39, 0.29) is 25.5 Å². The largest absolute Gasteiger partial charge is 0.332 e. The molecule has 0 radical (unpaired) electrons. The van der Waals surface area contributed by atoms with Crippen LogP contribution in [0.4, 0.5) is 14.5 Å². The Labute approximate surface area is 127 Å². The number of benzene rings is 1. The zero-order chi connectivity index (χ0) is 15.3. The molecule has 21 heavy (non-hydrogen) atoms. The number of amides is 2. The average Bonchev–Trinajstić information content (AvgIpc) is 2.39. The molecular weight excluding hydrogens is 304 g/mol. The molecule has 0 saturated heterocycles. The fraction of sp³-hybridized carbons (Fsp3) is 0.385. The lowest BCUT2D eigenvalue weighted by atomic mass is 10.2. The number of halogens is 3. The first-order valence-electron chi connectivity index (χ1n) is 6.15. The van der Waals surface area contributed by atoms with Crippen LogP contribution >= 0.6 is 12.4 Å². The van der Waals surface area contributed by atoms with E-state index >= 15 is 0 Å². The van der Waals surface area contributed by atoms with E-state index in [0.29, 0.717) is 0 Å². The van der Waals surface area contributed by atoms with Crippen LogP contribution in [0.3, 0.4) is 0 Å². The van der Waals surface area contributed by atoms with Crippen molar-refractivity contribution in [2.24, 2.45) is 5.73 Å². The van der Waals surface area contributed by atoms with Crippen LogP contribution < -0.4 is 11.1 Å². The number of para-hydroxylation sites is 1. The predicted molar refractivity (Wildman–Crippen MR) is 78.1 cm³/mol. The lowest BCUT2D eigenvalue weighted by Crippen LogP contribution is -2.45. The summed E-state index contributed by atoms with van der Waals surface area (Å²) in [6, 6.07) is 2.51. The maximum atomic E-state index is 13.4. The van der Waals surface area contributed by atoms with Crippen molar-refractivity contribution in [3.05, 3.63) is 29.8 Å². The minimum absolute atomic E-state index is 0. The van der Waals surface area contributed by atoms with Crippen LogP contribution in [0.25, 0.3) is 0 Å². The normalized spacial score (nSPS) is 11.3. The molecule has 1 atom stereocenters. The molecule has 1 aromatic carbocycles. The molecular formula is C13H18ClF2N3O2. The highest BCUT2D eigenvalue weighted by Gasteiger charge is 2.20. The number of anilines is 1. The van der Waals surface area contributed by atoms with Gasteiger partial charge in [-0.05, 0) is 26.0 Å². The SMILES string of the molecule is CCN(CC(=O)Nc1c(F)cccc1F)C(=O)C(C)N.Cl. The number of nitrogens with two attached hydrogens (primary N) is 1. The Morgan fingerprint density at radius 1 is 1.33 bits per heavy atom. The number of nitrogens with zero attached hydrogens (tertiary/aromatic N) is 1. The van der Waals surface area contributed by atoms with E-state index in [0.717, 1.165) is 12.1 Å². The Kier molecular flexibility index (Phi) is 7.83. The van der Waals surface area contributed by atoms with Gasteiger partial charge in [0.2, 0.25) is 11.8 Å². The summed E-state index contributed by atoms with van der Waals surface area (Å²) < 4.78 is 26.7. The third kappa shape index (κ3) is 5.28. The molecule has 118 valence electrons. The molecule has 0 heterocycles. The van der Waals surface area contributed by atoms with Gasteiger partial charge in [0.05, 0.1) is 12.6 Å². The van der Waals surface area contributed by atoms with Gasteiger partial charge >= 0.3 is 0 Å². The van der Waals surface area contributed by atoms with Crippen molar-refractivity contribution >= 4 is 29.9 Å². The Morgan fingerprint density at radius 2 is 1.86 bits per heavy atom. The molecule has 8 heteroatoms. The number of hydrogen-bond acceptors (Lipinski definition) is 3. The summed E-state index contributed by atoms with van der Waals surface area (Å²) in [6.45, 7) is 3.13. The molecule has 0 aromatic heterocycles. The van der Waals surface area contributed by atoms with Gasteiger partial charge in [-0.2, -0.15) is 0 Å². The fourth-order valence-electron chi connectivity index (χ4n) is 1.60. The van der Waals surface area contributed by atoms with E-state index in [4.69, 9.17) is 5.73 Å². The van der Waals surface area contributed by atoms with Crippen LogP contribution in [0.15, 0.2) is 18.2 Å². The highest BCUT2D eigenvalue weighted by molar-refractivity contribution is 5.95. The number of carbonyl (C=O) groups excluding carboxylic acids is 2. The summed E-state index contributed by atoms with van der Waals surface area (Å²) in [4.78, 5) is 24.6. The summed E-state index contributed by atoms with van der Waals surface area (Å²) in [7, 11) is 0. The predicted octanol–water partition coefficient (Wildman–Crippen LogP) is 1.52. The van der Waals surface area contributed by atoms with Crippen LogP contribution in [0.5, 0.6) is 0 Å². The number of carbonyl (C=O) groups is 2. The van der Waals surface area contributed by atoms with Crippen LogP contribution in [0.2, 0.25) is 0 Å². The van der Waals surface area contributed by atoms with E-state index in [9.17, 15) is 18.4 Å². The highest BCUT2D eigenvalue weighted by atomic mass is 35.5. The van der Waals surface area contributed by atoms with Crippen LogP contribution in [-0.4, -0.2) is 35.8 Å². The van der Waals surface area contributed by atoms with Gasteiger partial charge in [0.1, 0.15) is 17.3 Å². The van der Waals surface area contributed by atoms with Gasteiger partial charge in [-0.1, -0.05) is 6.07 Å². The molecule has 0 aliphatic carbocycles. The number of rotatable bonds is 5. The molecule has 0 bridgehead atoms. The molecule has 1 aromatic rings. The monoisotopic (exact) mass is 321 g/mol. The van der Waals surface area contributed by atoms with Crippen molar-refractivity contribution < 1.29 is 18.4 Å². The Bertz CT molecular complexity index is 492. The fourth-order valence-corrected chi connectivity index (χ4v) is 1.60. The maximum absolute atomic E-state index is 13.4. The summed E-state index contributed by atoms with van der Waals surface area (Å²) in [5.41, 5.74) is 4.92. The van der Waals surface area contributed by atoms with E-state index in [1.54, 1.807) is 6.92 Å². The molecule has 0 aliphatic rings. The Hall–Kier alpha value is -1.73. The van der Waals surface area contributed by atoms with E-state index in [1.165, 1.54) is 17.9 Å². The second-order valence-corrected chi connectivity index (χ2v) is 4.29. The third-order valence-electron chi connectivity index (χ3n) is 2.64. The van der Waals surface area contributed by atoms with E-state index < -0.39 is 35.2 Å². The summed E-state index contributed by atoms with van der Waals surface area (Å²) in [6.07, 6.45) is 0. The second kappa shape index (κ2) is 8.53. The molecule has 0 saturated carbocycles.